The molecule has 7 heteroatoms. The van der Waals surface area contributed by atoms with Gasteiger partial charge in [-0.2, -0.15) is 0 Å². The van der Waals surface area contributed by atoms with Crippen molar-refractivity contribution in [1.82, 2.24) is 14.8 Å². The largest absolute Gasteiger partial charge is 0.483 e. The van der Waals surface area contributed by atoms with E-state index in [1.54, 1.807) is 0 Å². The second-order valence-corrected chi connectivity index (χ2v) is 9.22. The molecule has 1 amide bonds. The van der Waals surface area contributed by atoms with Crippen LogP contribution in [0.2, 0.25) is 0 Å². The number of aromatic nitrogens is 3. The number of carbonyl (C=O) groups is 1. The molecule has 170 valence electrons. The summed E-state index contributed by atoms with van der Waals surface area (Å²) in [6.45, 7) is 13.1. The normalized spacial score (nSPS) is 12.1. The van der Waals surface area contributed by atoms with Gasteiger partial charge in [-0.15, -0.1) is 10.2 Å². The van der Waals surface area contributed by atoms with E-state index in [0.717, 1.165) is 28.4 Å². The molecule has 3 rings (SSSR count). The summed E-state index contributed by atoms with van der Waals surface area (Å²) < 4.78 is 8.14. The highest BCUT2D eigenvalue weighted by atomic mass is 32.2. The Kier molecular flexibility index (Phi) is 7.96. The van der Waals surface area contributed by atoms with E-state index >= 15 is 0 Å². The average molecular weight is 453 g/mol. The van der Waals surface area contributed by atoms with E-state index in [0.29, 0.717) is 17.6 Å². The lowest BCUT2D eigenvalue weighted by atomic mass is 10.0. The maximum atomic E-state index is 12.4. The van der Waals surface area contributed by atoms with Crippen molar-refractivity contribution in [2.24, 2.45) is 0 Å². The van der Waals surface area contributed by atoms with Crippen LogP contribution in [0.4, 0.5) is 5.69 Å². The standard InChI is InChI=1S/C25H32N4O2S/c1-7-29-24(19(6)31-22-13-17(4)12-18(5)14-22)27-28-25(29)32-15-23(30)26-21-10-8-20(9-11-21)16(2)3/h8-14,16,19H,7,15H2,1-6H3,(H,26,30). The van der Waals surface area contributed by atoms with Crippen molar-refractivity contribution >= 4 is 23.4 Å². The van der Waals surface area contributed by atoms with Crippen LogP contribution in [-0.4, -0.2) is 26.4 Å². The first-order valence-corrected chi connectivity index (χ1v) is 12.0. The minimum atomic E-state index is -0.258. The van der Waals surface area contributed by atoms with Crippen LogP contribution in [0.15, 0.2) is 47.6 Å². The third kappa shape index (κ3) is 6.13. The number of thioether (sulfide) groups is 1. The number of hydrogen-bond donors (Lipinski definition) is 1. The summed E-state index contributed by atoms with van der Waals surface area (Å²) >= 11 is 1.38. The summed E-state index contributed by atoms with van der Waals surface area (Å²) in [7, 11) is 0. The lowest BCUT2D eigenvalue weighted by Gasteiger charge is -2.16. The molecular weight excluding hydrogens is 420 g/mol. The Bertz CT molecular complexity index is 1040. The van der Waals surface area contributed by atoms with Crippen LogP contribution >= 0.6 is 11.8 Å². The number of ether oxygens (including phenoxy) is 1. The van der Waals surface area contributed by atoms with Gasteiger partial charge >= 0.3 is 0 Å². The summed E-state index contributed by atoms with van der Waals surface area (Å²) in [5.74, 6) is 2.22. The molecule has 0 saturated heterocycles. The zero-order valence-corrected chi connectivity index (χ0v) is 20.5. The van der Waals surface area contributed by atoms with E-state index in [1.807, 2.05) is 54.8 Å². The van der Waals surface area contributed by atoms with Gasteiger partial charge in [0.2, 0.25) is 5.91 Å². The van der Waals surface area contributed by atoms with Crippen LogP contribution in [0.25, 0.3) is 0 Å². The van der Waals surface area contributed by atoms with E-state index < -0.39 is 0 Å². The van der Waals surface area contributed by atoms with Gasteiger partial charge in [0.25, 0.3) is 0 Å². The summed E-state index contributed by atoms with van der Waals surface area (Å²) in [6.07, 6.45) is -0.258. The van der Waals surface area contributed by atoms with Gasteiger partial charge in [-0.3, -0.25) is 4.79 Å². The highest BCUT2D eigenvalue weighted by molar-refractivity contribution is 7.99. The molecule has 0 bridgehead atoms. The van der Waals surface area contributed by atoms with E-state index in [-0.39, 0.29) is 17.8 Å². The molecule has 2 aromatic carbocycles. The Morgan fingerprint density at radius 2 is 1.72 bits per heavy atom. The quantitative estimate of drug-likeness (QED) is 0.409. The van der Waals surface area contributed by atoms with Crippen molar-refractivity contribution in [2.75, 3.05) is 11.1 Å². The fourth-order valence-corrected chi connectivity index (χ4v) is 4.35. The van der Waals surface area contributed by atoms with Crippen molar-refractivity contribution in [2.45, 2.75) is 65.3 Å². The number of nitrogens with one attached hydrogen (secondary N) is 1. The molecule has 0 aliphatic carbocycles. The van der Waals surface area contributed by atoms with Gasteiger partial charge < -0.3 is 14.6 Å². The smallest absolute Gasteiger partial charge is 0.234 e. The summed E-state index contributed by atoms with van der Waals surface area (Å²) in [5.41, 5.74) is 4.36. The Morgan fingerprint density at radius 1 is 1.06 bits per heavy atom. The zero-order valence-electron chi connectivity index (χ0n) is 19.7. The van der Waals surface area contributed by atoms with Crippen LogP contribution in [0.3, 0.4) is 0 Å². The molecule has 1 N–H and O–H groups in total. The zero-order chi connectivity index (χ0) is 23.3. The molecule has 0 aliphatic heterocycles. The molecule has 0 fully saturated rings. The van der Waals surface area contributed by atoms with Crippen LogP contribution < -0.4 is 10.1 Å². The fraction of sp³-hybridized carbons (Fsp3) is 0.400. The van der Waals surface area contributed by atoms with Gasteiger partial charge in [0, 0.05) is 12.2 Å². The van der Waals surface area contributed by atoms with Crippen LogP contribution in [0.5, 0.6) is 5.75 Å². The molecule has 1 atom stereocenters. The Balaban J connectivity index is 1.62. The topological polar surface area (TPSA) is 69.0 Å². The van der Waals surface area contributed by atoms with Crippen molar-refractivity contribution < 1.29 is 9.53 Å². The van der Waals surface area contributed by atoms with Crippen molar-refractivity contribution in [1.29, 1.82) is 0 Å². The number of nitrogens with zero attached hydrogens (tertiary/aromatic N) is 3. The average Bonchev–Trinajstić information content (AvgIpc) is 3.15. The third-order valence-electron chi connectivity index (χ3n) is 5.13. The molecule has 6 nitrogen and oxygen atoms in total. The molecular formula is C25H32N4O2S. The van der Waals surface area contributed by atoms with Crippen LogP contribution in [-0.2, 0) is 11.3 Å². The van der Waals surface area contributed by atoms with Crippen LogP contribution in [0, 0.1) is 13.8 Å². The van der Waals surface area contributed by atoms with E-state index in [2.05, 4.69) is 49.3 Å². The maximum Gasteiger partial charge on any atom is 0.234 e. The first-order valence-electron chi connectivity index (χ1n) is 11.0. The molecule has 0 saturated carbocycles. The molecule has 1 unspecified atom stereocenters. The third-order valence-corrected chi connectivity index (χ3v) is 6.09. The molecule has 0 radical (unpaired) electrons. The number of hydrogen-bond acceptors (Lipinski definition) is 5. The second kappa shape index (κ2) is 10.7. The number of amides is 1. The minimum absolute atomic E-state index is 0.0703. The fourth-order valence-electron chi connectivity index (χ4n) is 3.54. The number of aryl methyl sites for hydroxylation is 2. The Hall–Kier alpha value is -2.80. The minimum Gasteiger partial charge on any atom is -0.483 e. The number of carbonyl (C=O) groups excluding carboxylic acids is 1. The number of rotatable bonds is 9. The van der Waals surface area contributed by atoms with Crippen LogP contribution in [0.1, 0.15) is 62.2 Å². The highest BCUT2D eigenvalue weighted by Crippen LogP contribution is 2.26. The first kappa shape index (κ1) is 23.9. The molecule has 3 aromatic rings. The van der Waals surface area contributed by atoms with Crippen molar-refractivity contribution in [3.05, 3.63) is 65.0 Å². The van der Waals surface area contributed by atoms with Gasteiger partial charge in [-0.25, -0.2) is 0 Å². The molecule has 32 heavy (non-hydrogen) atoms. The van der Waals surface area contributed by atoms with Gasteiger partial charge in [0.15, 0.2) is 17.1 Å². The number of benzene rings is 2. The Labute approximate surface area is 194 Å². The summed E-state index contributed by atoms with van der Waals surface area (Å²) in [4.78, 5) is 12.4. The van der Waals surface area contributed by atoms with E-state index in [1.165, 1.54) is 17.3 Å². The molecule has 0 spiro atoms. The second-order valence-electron chi connectivity index (χ2n) is 8.28. The first-order chi connectivity index (χ1) is 15.3. The maximum absolute atomic E-state index is 12.4. The van der Waals surface area contributed by atoms with E-state index in [9.17, 15) is 4.79 Å². The van der Waals surface area contributed by atoms with Crippen molar-refractivity contribution in [3.63, 3.8) is 0 Å². The monoisotopic (exact) mass is 452 g/mol. The van der Waals surface area contributed by atoms with Crippen molar-refractivity contribution in [3.8, 4) is 5.75 Å². The molecule has 1 aromatic heterocycles. The lowest BCUT2D eigenvalue weighted by molar-refractivity contribution is -0.113. The van der Waals surface area contributed by atoms with Gasteiger partial charge in [-0.1, -0.05) is 43.8 Å². The summed E-state index contributed by atoms with van der Waals surface area (Å²) in [5, 5.41) is 12.3. The molecule has 1 heterocycles. The predicted octanol–water partition coefficient (Wildman–Crippen LogP) is 5.91. The highest BCUT2D eigenvalue weighted by Gasteiger charge is 2.19. The number of anilines is 1. The summed E-state index contributed by atoms with van der Waals surface area (Å²) in [6, 6.07) is 14.1. The predicted molar refractivity (Wildman–Crippen MR) is 131 cm³/mol. The van der Waals surface area contributed by atoms with Gasteiger partial charge in [-0.05, 0) is 74.6 Å². The SMILES string of the molecule is CCn1c(SCC(=O)Nc2ccc(C(C)C)cc2)nnc1C(C)Oc1cc(C)cc(C)c1. The van der Waals surface area contributed by atoms with Gasteiger partial charge in [0.1, 0.15) is 5.75 Å². The lowest BCUT2D eigenvalue weighted by Crippen LogP contribution is -2.15. The Morgan fingerprint density at radius 3 is 2.31 bits per heavy atom. The van der Waals surface area contributed by atoms with E-state index in [4.69, 9.17) is 4.74 Å². The molecule has 0 aliphatic rings. The van der Waals surface area contributed by atoms with Gasteiger partial charge in [0.05, 0.1) is 5.75 Å².